The molecule has 0 aromatic heterocycles. The molecule has 0 heterocycles. The van der Waals surface area contributed by atoms with Gasteiger partial charge in [-0.1, -0.05) is 38.5 Å². The summed E-state index contributed by atoms with van der Waals surface area (Å²) in [6.45, 7) is 4.13. The Morgan fingerprint density at radius 3 is 2.55 bits per heavy atom. The summed E-state index contributed by atoms with van der Waals surface area (Å²) in [7, 11) is 0. The standard InChI is InChI=1S/C15H23NO4/c1-3-11(2)14(15(18)19)16-9-12(17)10-20-13-7-5-4-6-8-13/h4-8,11-12,14,16-17H,3,9-10H2,1-2H3,(H,18,19)/t11-,12+,14-/m0/s1. The van der Waals surface area contributed by atoms with Crippen LogP contribution in [0.15, 0.2) is 30.3 Å². The average molecular weight is 281 g/mol. The van der Waals surface area contributed by atoms with Crippen molar-refractivity contribution >= 4 is 5.97 Å². The number of carbonyl (C=O) groups is 1. The number of aliphatic carboxylic acids is 1. The topological polar surface area (TPSA) is 78.8 Å². The minimum atomic E-state index is -0.893. The van der Waals surface area contributed by atoms with Gasteiger partial charge in [-0.25, -0.2) is 0 Å². The fraction of sp³-hybridized carbons (Fsp3) is 0.533. The largest absolute Gasteiger partial charge is 0.491 e. The van der Waals surface area contributed by atoms with Gasteiger partial charge in [-0.2, -0.15) is 0 Å². The van der Waals surface area contributed by atoms with Gasteiger partial charge in [0.1, 0.15) is 24.5 Å². The second kappa shape index (κ2) is 8.55. The molecule has 20 heavy (non-hydrogen) atoms. The zero-order valence-corrected chi connectivity index (χ0v) is 12.0. The summed E-state index contributed by atoms with van der Waals surface area (Å²) in [5.41, 5.74) is 0. The zero-order chi connectivity index (χ0) is 15.0. The van der Waals surface area contributed by atoms with Crippen LogP contribution < -0.4 is 10.1 Å². The molecule has 0 unspecified atom stereocenters. The number of nitrogens with one attached hydrogen (secondary N) is 1. The molecule has 3 N–H and O–H groups in total. The minimum absolute atomic E-state index is 0.00902. The van der Waals surface area contributed by atoms with Gasteiger partial charge in [0.25, 0.3) is 0 Å². The first-order chi connectivity index (χ1) is 9.54. The first-order valence-electron chi connectivity index (χ1n) is 6.86. The van der Waals surface area contributed by atoms with Crippen LogP contribution in [0.2, 0.25) is 0 Å². The van der Waals surface area contributed by atoms with E-state index < -0.39 is 18.1 Å². The minimum Gasteiger partial charge on any atom is -0.491 e. The van der Waals surface area contributed by atoms with E-state index in [2.05, 4.69) is 5.32 Å². The molecular weight excluding hydrogens is 258 g/mol. The van der Waals surface area contributed by atoms with E-state index in [1.165, 1.54) is 0 Å². The van der Waals surface area contributed by atoms with Crippen molar-refractivity contribution < 1.29 is 19.7 Å². The Labute approximate surface area is 119 Å². The Kier molecular flexibility index (Phi) is 7.04. The maximum atomic E-state index is 11.1. The predicted octanol–water partition coefficient (Wildman–Crippen LogP) is 1.52. The lowest BCUT2D eigenvalue weighted by Gasteiger charge is -2.22. The summed E-state index contributed by atoms with van der Waals surface area (Å²) >= 11 is 0. The smallest absolute Gasteiger partial charge is 0.320 e. The number of aliphatic hydroxyl groups excluding tert-OH is 1. The second-order valence-corrected chi connectivity index (χ2v) is 4.89. The summed E-state index contributed by atoms with van der Waals surface area (Å²) < 4.78 is 5.41. The van der Waals surface area contributed by atoms with E-state index in [1.54, 1.807) is 12.1 Å². The fourth-order valence-corrected chi connectivity index (χ4v) is 1.80. The van der Waals surface area contributed by atoms with Gasteiger partial charge in [0.2, 0.25) is 0 Å². The summed E-state index contributed by atoms with van der Waals surface area (Å²) in [6, 6.07) is 8.55. The molecule has 1 aromatic carbocycles. The summed E-state index contributed by atoms with van der Waals surface area (Å²) in [6.07, 6.45) is 0.0155. The molecule has 0 bridgehead atoms. The van der Waals surface area contributed by atoms with Crippen LogP contribution in [0.4, 0.5) is 0 Å². The van der Waals surface area contributed by atoms with E-state index >= 15 is 0 Å². The van der Waals surface area contributed by atoms with Gasteiger partial charge in [-0.3, -0.25) is 4.79 Å². The first-order valence-corrected chi connectivity index (χ1v) is 6.86. The van der Waals surface area contributed by atoms with Gasteiger partial charge >= 0.3 is 5.97 Å². The highest BCUT2D eigenvalue weighted by molar-refractivity contribution is 5.73. The number of ether oxygens (including phenoxy) is 1. The van der Waals surface area contributed by atoms with E-state index in [1.807, 2.05) is 32.0 Å². The Hall–Kier alpha value is -1.59. The molecular formula is C15H23NO4. The van der Waals surface area contributed by atoms with E-state index in [-0.39, 0.29) is 19.1 Å². The molecule has 0 spiro atoms. The molecule has 5 nitrogen and oxygen atoms in total. The molecule has 1 rings (SSSR count). The number of hydrogen-bond donors (Lipinski definition) is 3. The lowest BCUT2D eigenvalue weighted by molar-refractivity contribution is -0.141. The van der Waals surface area contributed by atoms with Crippen molar-refractivity contribution in [1.82, 2.24) is 5.32 Å². The monoisotopic (exact) mass is 281 g/mol. The van der Waals surface area contributed by atoms with Gasteiger partial charge in [0.05, 0.1) is 0 Å². The van der Waals surface area contributed by atoms with E-state index in [4.69, 9.17) is 9.84 Å². The van der Waals surface area contributed by atoms with Crippen LogP contribution in [0.5, 0.6) is 5.75 Å². The third-order valence-electron chi connectivity index (χ3n) is 3.24. The lowest BCUT2D eigenvalue weighted by atomic mass is 9.99. The number of aliphatic hydroxyl groups is 1. The predicted molar refractivity (Wildman–Crippen MR) is 76.8 cm³/mol. The van der Waals surface area contributed by atoms with E-state index in [0.29, 0.717) is 5.75 Å². The summed E-state index contributed by atoms with van der Waals surface area (Å²) in [4.78, 5) is 11.1. The highest BCUT2D eigenvalue weighted by Gasteiger charge is 2.23. The van der Waals surface area contributed by atoms with Gasteiger partial charge in [0, 0.05) is 6.54 Å². The SMILES string of the molecule is CC[C@H](C)[C@H](NC[C@@H](O)COc1ccccc1)C(=O)O. The van der Waals surface area contributed by atoms with Crippen LogP contribution in [-0.2, 0) is 4.79 Å². The third kappa shape index (κ3) is 5.59. The highest BCUT2D eigenvalue weighted by Crippen LogP contribution is 2.09. The van der Waals surface area contributed by atoms with Gasteiger partial charge in [-0.15, -0.1) is 0 Å². The quantitative estimate of drug-likeness (QED) is 0.639. The number of hydrogen-bond acceptors (Lipinski definition) is 4. The third-order valence-corrected chi connectivity index (χ3v) is 3.24. The number of para-hydroxylation sites is 1. The molecule has 112 valence electrons. The molecule has 0 aliphatic heterocycles. The van der Waals surface area contributed by atoms with Crippen molar-refractivity contribution in [3.05, 3.63) is 30.3 Å². The molecule has 0 fully saturated rings. The second-order valence-electron chi connectivity index (χ2n) is 4.89. The van der Waals surface area contributed by atoms with Crippen molar-refractivity contribution in [3.8, 4) is 5.75 Å². The van der Waals surface area contributed by atoms with Crippen LogP contribution in [0.1, 0.15) is 20.3 Å². The summed E-state index contributed by atoms with van der Waals surface area (Å²) in [5.74, 6) is -0.200. The Bertz CT molecular complexity index is 396. The number of carboxylic acid groups (broad SMARTS) is 1. The van der Waals surface area contributed by atoms with E-state index in [0.717, 1.165) is 6.42 Å². The Morgan fingerprint density at radius 1 is 1.35 bits per heavy atom. The van der Waals surface area contributed by atoms with Crippen LogP contribution in [-0.4, -0.2) is 41.5 Å². The van der Waals surface area contributed by atoms with Crippen LogP contribution in [0, 0.1) is 5.92 Å². The number of carboxylic acids is 1. The van der Waals surface area contributed by atoms with Gasteiger partial charge in [0.15, 0.2) is 0 Å². The molecule has 0 saturated carbocycles. The molecule has 0 radical (unpaired) electrons. The normalized spacial score (nSPS) is 15.3. The summed E-state index contributed by atoms with van der Waals surface area (Å²) in [5, 5.41) is 21.8. The average Bonchev–Trinajstić information content (AvgIpc) is 2.45. The number of benzene rings is 1. The Balaban J connectivity index is 2.34. The van der Waals surface area contributed by atoms with Crippen LogP contribution >= 0.6 is 0 Å². The molecule has 0 aliphatic carbocycles. The van der Waals surface area contributed by atoms with Crippen molar-refractivity contribution in [2.75, 3.05) is 13.2 Å². The molecule has 5 heteroatoms. The van der Waals surface area contributed by atoms with Crippen LogP contribution in [0.25, 0.3) is 0 Å². The van der Waals surface area contributed by atoms with E-state index in [9.17, 15) is 9.90 Å². The van der Waals surface area contributed by atoms with Crippen molar-refractivity contribution in [1.29, 1.82) is 0 Å². The van der Waals surface area contributed by atoms with Crippen LogP contribution in [0.3, 0.4) is 0 Å². The fourth-order valence-electron chi connectivity index (χ4n) is 1.80. The number of rotatable bonds is 9. The maximum Gasteiger partial charge on any atom is 0.320 e. The van der Waals surface area contributed by atoms with Crippen molar-refractivity contribution in [2.24, 2.45) is 5.92 Å². The van der Waals surface area contributed by atoms with Crippen molar-refractivity contribution in [3.63, 3.8) is 0 Å². The zero-order valence-electron chi connectivity index (χ0n) is 12.0. The lowest BCUT2D eigenvalue weighted by Crippen LogP contribution is -2.45. The molecule has 0 amide bonds. The molecule has 1 aromatic rings. The van der Waals surface area contributed by atoms with Gasteiger partial charge < -0.3 is 20.3 Å². The molecule has 0 aliphatic rings. The van der Waals surface area contributed by atoms with Crippen molar-refractivity contribution in [2.45, 2.75) is 32.4 Å². The Morgan fingerprint density at radius 2 is 2.00 bits per heavy atom. The van der Waals surface area contributed by atoms with Gasteiger partial charge in [-0.05, 0) is 18.1 Å². The first kappa shape index (κ1) is 16.5. The molecule has 0 saturated heterocycles. The maximum absolute atomic E-state index is 11.1. The highest BCUT2D eigenvalue weighted by atomic mass is 16.5. The molecule has 3 atom stereocenters.